The highest BCUT2D eigenvalue weighted by atomic mass is 35.5. The number of sulfonamides is 1. The van der Waals surface area contributed by atoms with Gasteiger partial charge in [-0.15, -0.1) is 0 Å². The van der Waals surface area contributed by atoms with Gasteiger partial charge in [-0.1, -0.05) is 36.7 Å². The van der Waals surface area contributed by atoms with Gasteiger partial charge in [0.1, 0.15) is 5.75 Å². The van der Waals surface area contributed by atoms with E-state index in [-0.39, 0.29) is 10.9 Å². The molecule has 2 aromatic rings. The van der Waals surface area contributed by atoms with E-state index in [0.29, 0.717) is 10.8 Å². The molecule has 2 heterocycles. The van der Waals surface area contributed by atoms with Gasteiger partial charge in [0.15, 0.2) is 11.1 Å². The first-order valence-electron chi connectivity index (χ1n) is 6.82. The number of halogens is 1. The third-order valence-electron chi connectivity index (χ3n) is 3.59. The summed E-state index contributed by atoms with van der Waals surface area (Å²) in [5, 5.41) is 0.0249. The van der Waals surface area contributed by atoms with Crippen molar-refractivity contribution in [3.05, 3.63) is 53.2 Å². The van der Waals surface area contributed by atoms with Gasteiger partial charge in [-0.2, -0.15) is 8.42 Å². The Kier molecular flexibility index (Phi) is 3.99. The number of amides is 1. The molecule has 0 saturated heterocycles. The van der Waals surface area contributed by atoms with Gasteiger partial charge in [0.2, 0.25) is 0 Å². The largest absolute Gasteiger partial charge is 0.480 e. The van der Waals surface area contributed by atoms with E-state index in [4.69, 9.17) is 16.3 Å². The molecule has 1 aromatic heterocycles. The van der Waals surface area contributed by atoms with E-state index < -0.39 is 22.0 Å². The first-order chi connectivity index (χ1) is 10.9. The van der Waals surface area contributed by atoms with Crippen LogP contribution in [0.15, 0.2) is 47.6 Å². The molecule has 0 aliphatic carbocycles. The quantitative estimate of drug-likeness (QED) is 0.914. The molecular weight excluding hydrogens is 340 g/mol. The first kappa shape index (κ1) is 15.8. The summed E-state index contributed by atoms with van der Waals surface area (Å²) in [6, 6.07) is 9.84. The molecule has 0 unspecified atom stereocenters. The normalized spacial score (nSPS) is 19.7. The van der Waals surface area contributed by atoms with Crippen LogP contribution in [0.4, 0.5) is 0 Å². The van der Waals surface area contributed by atoms with Crippen molar-refractivity contribution in [1.29, 1.82) is 0 Å². The van der Waals surface area contributed by atoms with Crippen molar-refractivity contribution in [3.63, 3.8) is 0 Å². The van der Waals surface area contributed by atoms with E-state index in [0.717, 1.165) is 5.56 Å². The van der Waals surface area contributed by atoms with Crippen LogP contribution in [0.25, 0.3) is 0 Å². The summed E-state index contributed by atoms with van der Waals surface area (Å²) in [7, 11) is -4.07. The molecule has 1 N–H and O–H groups in total. The standard InChI is InChI=1S/C15H13ClN2O4S/c1-9-11-4-2-3-5-12(11)22-14(9)15(19)18-23(20,21)13-7-6-10(16)8-17-13/h2-9,14H,1H3,(H,18,19)/t9-,14+/m1/s1. The highest BCUT2D eigenvalue weighted by molar-refractivity contribution is 7.90. The molecule has 0 spiro atoms. The number of ether oxygens (including phenoxy) is 1. The van der Waals surface area contributed by atoms with Crippen molar-refractivity contribution in [3.8, 4) is 5.75 Å². The summed E-state index contributed by atoms with van der Waals surface area (Å²) in [4.78, 5) is 16.0. The van der Waals surface area contributed by atoms with Gasteiger partial charge in [0, 0.05) is 17.7 Å². The molecule has 8 heteroatoms. The number of rotatable bonds is 3. The van der Waals surface area contributed by atoms with Crippen LogP contribution in [0, 0.1) is 0 Å². The van der Waals surface area contributed by atoms with Gasteiger partial charge < -0.3 is 4.74 Å². The molecule has 23 heavy (non-hydrogen) atoms. The molecule has 3 rings (SSSR count). The third-order valence-corrected chi connectivity index (χ3v) is 5.07. The zero-order chi connectivity index (χ0) is 16.6. The van der Waals surface area contributed by atoms with Crippen molar-refractivity contribution >= 4 is 27.5 Å². The Morgan fingerprint density at radius 1 is 1.26 bits per heavy atom. The Morgan fingerprint density at radius 3 is 2.65 bits per heavy atom. The Morgan fingerprint density at radius 2 is 2.00 bits per heavy atom. The number of fused-ring (bicyclic) bond motifs is 1. The fourth-order valence-corrected chi connectivity index (χ4v) is 3.45. The molecule has 1 aliphatic rings. The van der Waals surface area contributed by atoms with Crippen LogP contribution in [-0.4, -0.2) is 25.4 Å². The summed E-state index contributed by atoms with van der Waals surface area (Å²) in [6.45, 7) is 1.81. The monoisotopic (exact) mass is 352 g/mol. The number of aromatic nitrogens is 1. The zero-order valence-corrected chi connectivity index (χ0v) is 13.6. The third kappa shape index (κ3) is 3.02. The maximum absolute atomic E-state index is 12.3. The Hall–Kier alpha value is -2.12. The molecule has 6 nitrogen and oxygen atoms in total. The Labute approximate surface area is 138 Å². The topological polar surface area (TPSA) is 85.4 Å². The van der Waals surface area contributed by atoms with E-state index in [9.17, 15) is 13.2 Å². The van der Waals surface area contributed by atoms with Crippen LogP contribution in [0.5, 0.6) is 5.75 Å². The molecule has 0 bridgehead atoms. The lowest BCUT2D eigenvalue weighted by molar-refractivity contribution is -0.126. The van der Waals surface area contributed by atoms with Crippen LogP contribution in [-0.2, 0) is 14.8 Å². The van der Waals surface area contributed by atoms with Crippen molar-refractivity contribution in [1.82, 2.24) is 9.71 Å². The molecule has 1 aromatic carbocycles. The van der Waals surface area contributed by atoms with Gasteiger partial charge in [-0.05, 0) is 18.2 Å². The Bertz CT molecular complexity index is 852. The molecule has 0 fully saturated rings. The summed E-state index contributed by atoms with van der Waals surface area (Å²) in [5.74, 6) is -0.396. The molecule has 120 valence electrons. The molecule has 1 aliphatic heterocycles. The lowest BCUT2D eigenvalue weighted by atomic mass is 9.97. The number of pyridine rings is 1. The Balaban J connectivity index is 1.79. The van der Waals surface area contributed by atoms with Gasteiger partial charge >= 0.3 is 0 Å². The predicted molar refractivity (Wildman–Crippen MR) is 83.8 cm³/mol. The van der Waals surface area contributed by atoms with Crippen molar-refractivity contribution in [2.24, 2.45) is 0 Å². The van der Waals surface area contributed by atoms with Crippen molar-refractivity contribution in [2.45, 2.75) is 24.0 Å². The van der Waals surface area contributed by atoms with Crippen molar-refractivity contribution < 1.29 is 17.9 Å². The minimum Gasteiger partial charge on any atom is -0.480 e. The lowest BCUT2D eigenvalue weighted by Crippen LogP contribution is -2.42. The number of benzene rings is 1. The molecular formula is C15H13ClN2O4S. The van der Waals surface area contributed by atoms with E-state index >= 15 is 0 Å². The average molecular weight is 353 g/mol. The number of hydrogen-bond acceptors (Lipinski definition) is 5. The van der Waals surface area contributed by atoms with Crippen LogP contribution in [0.2, 0.25) is 5.02 Å². The second kappa shape index (κ2) is 5.82. The first-order valence-corrected chi connectivity index (χ1v) is 8.68. The summed E-state index contributed by atoms with van der Waals surface area (Å²) >= 11 is 5.68. The van der Waals surface area contributed by atoms with Gasteiger partial charge in [0.25, 0.3) is 15.9 Å². The fourth-order valence-electron chi connectivity index (χ4n) is 2.41. The number of nitrogens with zero attached hydrogens (tertiary/aromatic N) is 1. The highest BCUT2D eigenvalue weighted by Gasteiger charge is 2.38. The van der Waals surface area contributed by atoms with Crippen molar-refractivity contribution in [2.75, 3.05) is 0 Å². The van der Waals surface area contributed by atoms with Crippen LogP contribution in [0.1, 0.15) is 18.4 Å². The number of para-hydroxylation sites is 1. The van der Waals surface area contributed by atoms with Gasteiger partial charge in [-0.3, -0.25) is 4.79 Å². The maximum Gasteiger partial charge on any atom is 0.281 e. The van der Waals surface area contributed by atoms with Gasteiger partial charge in [-0.25, -0.2) is 9.71 Å². The summed E-state index contributed by atoms with van der Waals surface area (Å²) in [6.07, 6.45) is 0.292. The lowest BCUT2D eigenvalue weighted by Gasteiger charge is -2.15. The molecule has 1 amide bonds. The number of carbonyl (C=O) groups excluding carboxylic acids is 1. The number of carbonyl (C=O) groups is 1. The molecule has 2 atom stereocenters. The number of hydrogen-bond donors (Lipinski definition) is 1. The maximum atomic E-state index is 12.3. The minimum atomic E-state index is -4.07. The molecule has 0 saturated carbocycles. The molecule has 0 radical (unpaired) electrons. The predicted octanol–water partition coefficient (Wildman–Crippen LogP) is 2.10. The number of nitrogens with one attached hydrogen (secondary N) is 1. The fraction of sp³-hybridized carbons (Fsp3) is 0.200. The van der Waals surface area contributed by atoms with Crippen LogP contribution < -0.4 is 9.46 Å². The highest BCUT2D eigenvalue weighted by Crippen LogP contribution is 2.37. The minimum absolute atomic E-state index is 0.250. The zero-order valence-electron chi connectivity index (χ0n) is 12.1. The van der Waals surface area contributed by atoms with E-state index in [1.807, 2.05) is 23.8 Å². The second-order valence-corrected chi connectivity index (χ2v) is 7.22. The average Bonchev–Trinajstić information content (AvgIpc) is 2.85. The van der Waals surface area contributed by atoms with Gasteiger partial charge in [0.05, 0.1) is 5.02 Å². The van der Waals surface area contributed by atoms with Crippen LogP contribution >= 0.6 is 11.6 Å². The van der Waals surface area contributed by atoms with E-state index in [1.54, 1.807) is 12.1 Å². The van der Waals surface area contributed by atoms with E-state index in [1.165, 1.54) is 18.3 Å². The van der Waals surface area contributed by atoms with Crippen LogP contribution in [0.3, 0.4) is 0 Å². The SMILES string of the molecule is C[C@@H]1c2ccccc2O[C@@H]1C(=O)NS(=O)(=O)c1ccc(Cl)cn1. The summed E-state index contributed by atoms with van der Waals surface area (Å²) in [5.41, 5.74) is 0.870. The smallest absolute Gasteiger partial charge is 0.281 e. The second-order valence-electron chi connectivity index (χ2n) is 5.15. The summed E-state index contributed by atoms with van der Waals surface area (Å²) < 4.78 is 32.0. The van der Waals surface area contributed by atoms with E-state index in [2.05, 4.69) is 4.98 Å².